The Morgan fingerprint density at radius 2 is 2.24 bits per heavy atom. The monoisotopic (exact) mass is 305 g/mol. The van der Waals surface area contributed by atoms with Crippen LogP contribution in [0.15, 0.2) is 18.2 Å². The molecule has 3 N–H and O–H groups in total. The van der Waals surface area contributed by atoms with E-state index < -0.39 is 5.60 Å². The van der Waals surface area contributed by atoms with Gasteiger partial charge in [0.2, 0.25) is 0 Å². The number of carbonyl (C=O) groups is 1. The molecule has 0 atom stereocenters. The Bertz CT molecular complexity index is 662. The van der Waals surface area contributed by atoms with Gasteiger partial charge >= 0.3 is 0 Å². The zero-order valence-electron chi connectivity index (χ0n) is 12.0. The van der Waals surface area contributed by atoms with E-state index in [-0.39, 0.29) is 5.91 Å². The molecule has 1 aromatic carbocycles. The van der Waals surface area contributed by atoms with Crippen LogP contribution in [0.2, 0.25) is 0 Å². The first-order valence-electron chi connectivity index (χ1n) is 7.11. The van der Waals surface area contributed by atoms with Crippen molar-refractivity contribution in [2.45, 2.75) is 31.9 Å². The Kier molecular flexibility index (Phi) is 3.91. The maximum atomic E-state index is 12.2. The number of nitrogens with zero attached hydrogens (tertiary/aromatic N) is 1. The molecule has 3 rings (SSSR count). The lowest BCUT2D eigenvalue weighted by molar-refractivity contribution is -0.140. The first-order valence-corrected chi connectivity index (χ1v) is 8.27. The van der Waals surface area contributed by atoms with E-state index in [1.54, 1.807) is 11.8 Å². The van der Waals surface area contributed by atoms with Gasteiger partial charge in [-0.1, -0.05) is 12.1 Å². The van der Waals surface area contributed by atoms with Crippen LogP contribution in [-0.2, 0) is 11.3 Å². The number of benzene rings is 1. The van der Waals surface area contributed by atoms with Crippen molar-refractivity contribution < 1.29 is 9.90 Å². The van der Waals surface area contributed by atoms with E-state index >= 15 is 0 Å². The number of amides is 1. The van der Waals surface area contributed by atoms with Crippen LogP contribution in [0.1, 0.15) is 24.2 Å². The van der Waals surface area contributed by atoms with Crippen LogP contribution in [0.5, 0.6) is 0 Å². The molecule has 0 saturated carbocycles. The lowest BCUT2D eigenvalue weighted by Gasteiger charge is -2.30. The van der Waals surface area contributed by atoms with Gasteiger partial charge in [0.15, 0.2) is 0 Å². The van der Waals surface area contributed by atoms with Crippen molar-refractivity contribution in [3.8, 4) is 0 Å². The van der Waals surface area contributed by atoms with Gasteiger partial charge in [-0.15, -0.1) is 0 Å². The maximum Gasteiger partial charge on any atom is 0.252 e. The number of aliphatic hydroxyl groups is 1. The van der Waals surface area contributed by atoms with Gasteiger partial charge < -0.3 is 15.4 Å². The molecule has 0 spiro atoms. The molecule has 6 heteroatoms. The SMILES string of the molecule is Cc1cccc2[nH]c(CNC(=O)C3(O)CCSCC3)nc12. The number of carbonyl (C=O) groups excluding carboxylic acids is 1. The van der Waals surface area contributed by atoms with E-state index in [1.807, 2.05) is 25.1 Å². The van der Waals surface area contributed by atoms with Gasteiger partial charge in [-0.25, -0.2) is 4.98 Å². The Hall–Kier alpha value is -1.53. The first-order chi connectivity index (χ1) is 10.1. The molecule has 1 saturated heterocycles. The summed E-state index contributed by atoms with van der Waals surface area (Å²) in [5, 5.41) is 13.1. The number of fused-ring (bicyclic) bond motifs is 1. The van der Waals surface area contributed by atoms with Gasteiger partial charge in [-0.05, 0) is 42.9 Å². The lowest BCUT2D eigenvalue weighted by atomic mass is 9.96. The molecule has 0 bridgehead atoms. The summed E-state index contributed by atoms with van der Waals surface area (Å²) >= 11 is 1.78. The van der Waals surface area contributed by atoms with Crippen molar-refractivity contribution in [1.29, 1.82) is 0 Å². The molecule has 2 heterocycles. The number of hydrogen-bond donors (Lipinski definition) is 3. The standard InChI is InChI=1S/C15H19N3O2S/c1-10-3-2-4-11-13(10)18-12(17-11)9-16-14(19)15(20)5-7-21-8-6-15/h2-4,20H,5-9H2,1H3,(H,16,19)(H,17,18). The number of aromatic nitrogens is 2. The summed E-state index contributed by atoms with van der Waals surface area (Å²) < 4.78 is 0. The van der Waals surface area contributed by atoms with Gasteiger partial charge in [0.25, 0.3) is 5.91 Å². The Morgan fingerprint density at radius 1 is 1.48 bits per heavy atom. The van der Waals surface area contributed by atoms with Gasteiger partial charge in [0.05, 0.1) is 17.6 Å². The highest BCUT2D eigenvalue weighted by Gasteiger charge is 2.37. The summed E-state index contributed by atoms with van der Waals surface area (Å²) in [4.78, 5) is 19.9. The predicted octanol–water partition coefficient (Wildman–Crippen LogP) is 1.75. The largest absolute Gasteiger partial charge is 0.380 e. The molecule has 5 nitrogen and oxygen atoms in total. The van der Waals surface area contributed by atoms with Crippen LogP contribution >= 0.6 is 11.8 Å². The van der Waals surface area contributed by atoms with Crippen LogP contribution in [0.25, 0.3) is 11.0 Å². The number of aromatic amines is 1. The summed E-state index contributed by atoms with van der Waals surface area (Å²) in [6, 6.07) is 5.95. The van der Waals surface area contributed by atoms with E-state index in [2.05, 4.69) is 15.3 Å². The molecule has 0 aliphatic carbocycles. The van der Waals surface area contributed by atoms with Crippen LogP contribution in [0.3, 0.4) is 0 Å². The second-order valence-corrected chi connectivity index (χ2v) is 6.71. The zero-order valence-corrected chi connectivity index (χ0v) is 12.8. The molecular formula is C15H19N3O2S. The normalized spacial score (nSPS) is 17.8. The fourth-order valence-corrected chi connectivity index (χ4v) is 3.74. The summed E-state index contributed by atoms with van der Waals surface area (Å²) in [6.45, 7) is 2.32. The van der Waals surface area contributed by atoms with Crippen LogP contribution < -0.4 is 5.32 Å². The molecule has 1 fully saturated rings. The molecule has 1 aliphatic rings. The highest BCUT2D eigenvalue weighted by atomic mass is 32.2. The average Bonchev–Trinajstić information content (AvgIpc) is 2.90. The number of hydrogen-bond acceptors (Lipinski definition) is 4. The van der Waals surface area contributed by atoms with Gasteiger partial charge in [0, 0.05) is 0 Å². The lowest BCUT2D eigenvalue weighted by Crippen LogP contribution is -2.48. The van der Waals surface area contributed by atoms with Crippen LogP contribution in [-0.4, -0.2) is 38.1 Å². The Labute approximate surface area is 127 Å². The van der Waals surface area contributed by atoms with Crippen molar-refractivity contribution in [1.82, 2.24) is 15.3 Å². The Morgan fingerprint density at radius 3 is 2.95 bits per heavy atom. The molecule has 2 aromatic rings. The molecule has 1 aromatic heterocycles. The molecule has 112 valence electrons. The van der Waals surface area contributed by atoms with Crippen molar-refractivity contribution in [3.63, 3.8) is 0 Å². The third kappa shape index (κ3) is 2.91. The highest BCUT2D eigenvalue weighted by molar-refractivity contribution is 7.99. The molecule has 0 unspecified atom stereocenters. The number of aryl methyl sites for hydroxylation is 1. The summed E-state index contributed by atoms with van der Waals surface area (Å²) in [5.41, 5.74) is 1.78. The summed E-state index contributed by atoms with van der Waals surface area (Å²) in [6.07, 6.45) is 1.03. The number of H-pyrrole nitrogens is 1. The topological polar surface area (TPSA) is 78.0 Å². The minimum atomic E-state index is -1.22. The molecule has 1 amide bonds. The van der Waals surface area contributed by atoms with Crippen LogP contribution in [0.4, 0.5) is 0 Å². The second-order valence-electron chi connectivity index (χ2n) is 5.48. The minimum Gasteiger partial charge on any atom is -0.380 e. The third-order valence-corrected chi connectivity index (χ3v) is 4.91. The molecule has 1 aliphatic heterocycles. The number of para-hydroxylation sites is 1. The fourth-order valence-electron chi connectivity index (χ4n) is 2.57. The van der Waals surface area contributed by atoms with Gasteiger partial charge in [-0.3, -0.25) is 4.79 Å². The van der Waals surface area contributed by atoms with Crippen molar-refractivity contribution in [2.24, 2.45) is 0 Å². The van der Waals surface area contributed by atoms with Crippen molar-refractivity contribution in [3.05, 3.63) is 29.6 Å². The fraction of sp³-hybridized carbons (Fsp3) is 0.467. The zero-order chi connectivity index (χ0) is 14.9. The van der Waals surface area contributed by atoms with E-state index in [1.165, 1.54) is 0 Å². The second kappa shape index (κ2) is 5.69. The molecule has 21 heavy (non-hydrogen) atoms. The highest BCUT2D eigenvalue weighted by Crippen LogP contribution is 2.27. The van der Waals surface area contributed by atoms with Crippen molar-refractivity contribution in [2.75, 3.05) is 11.5 Å². The summed E-state index contributed by atoms with van der Waals surface area (Å²) in [7, 11) is 0. The average molecular weight is 305 g/mol. The van der Waals surface area contributed by atoms with Crippen LogP contribution in [0, 0.1) is 6.92 Å². The first kappa shape index (κ1) is 14.4. The van der Waals surface area contributed by atoms with E-state index in [9.17, 15) is 9.90 Å². The number of imidazole rings is 1. The van der Waals surface area contributed by atoms with E-state index in [0.29, 0.717) is 25.2 Å². The number of rotatable bonds is 3. The van der Waals surface area contributed by atoms with E-state index in [4.69, 9.17) is 0 Å². The minimum absolute atomic E-state index is 0.292. The number of thioether (sulfide) groups is 1. The predicted molar refractivity (Wildman–Crippen MR) is 84.2 cm³/mol. The van der Waals surface area contributed by atoms with E-state index in [0.717, 1.165) is 28.1 Å². The molecular weight excluding hydrogens is 286 g/mol. The third-order valence-electron chi connectivity index (χ3n) is 3.92. The van der Waals surface area contributed by atoms with Gasteiger partial charge in [0.1, 0.15) is 11.4 Å². The van der Waals surface area contributed by atoms with Gasteiger partial charge in [-0.2, -0.15) is 11.8 Å². The maximum absolute atomic E-state index is 12.2. The quantitative estimate of drug-likeness (QED) is 0.807. The molecule has 0 radical (unpaired) electrons. The smallest absolute Gasteiger partial charge is 0.252 e. The summed E-state index contributed by atoms with van der Waals surface area (Å²) in [5.74, 6) is 2.07. The Balaban J connectivity index is 1.68. The number of nitrogens with one attached hydrogen (secondary N) is 2. The van der Waals surface area contributed by atoms with Crippen molar-refractivity contribution >= 4 is 28.7 Å².